The molecule has 0 saturated heterocycles. The lowest BCUT2D eigenvalue weighted by Crippen LogP contribution is -2.54. The Morgan fingerprint density at radius 1 is 0.862 bits per heavy atom. The summed E-state index contributed by atoms with van der Waals surface area (Å²) in [5.41, 5.74) is 1.62. The zero-order chi connectivity index (χ0) is 21.1. The van der Waals surface area contributed by atoms with Gasteiger partial charge in [0, 0.05) is 5.67 Å². The third-order valence-electron chi connectivity index (χ3n) is 5.29. The molecule has 29 heavy (non-hydrogen) atoms. The number of benzene rings is 3. The van der Waals surface area contributed by atoms with Gasteiger partial charge in [0.05, 0.1) is 12.0 Å². The van der Waals surface area contributed by atoms with Gasteiger partial charge in [0.25, 0.3) is 0 Å². The van der Waals surface area contributed by atoms with Crippen molar-refractivity contribution in [1.82, 2.24) is 4.72 Å². The Bertz CT molecular complexity index is 1050. The molecule has 0 aliphatic rings. The third-order valence-corrected chi connectivity index (χ3v) is 10.7. The topological polar surface area (TPSA) is 55.4 Å². The molecule has 0 heterocycles. The maximum absolute atomic E-state index is 13.2. The van der Waals surface area contributed by atoms with Crippen LogP contribution < -0.4 is 14.6 Å². The Hall–Kier alpha value is -2.41. The summed E-state index contributed by atoms with van der Waals surface area (Å²) in [6, 6.07) is 24.7. The van der Waals surface area contributed by atoms with Crippen molar-refractivity contribution in [2.75, 3.05) is 7.11 Å². The summed E-state index contributed by atoms with van der Waals surface area (Å²) in [6.45, 7) is 6.32. The van der Waals surface area contributed by atoms with Crippen LogP contribution in [0.3, 0.4) is 0 Å². The van der Waals surface area contributed by atoms with Crippen LogP contribution in [0.5, 0.6) is 5.75 Å². The molecule has 1 atom stereocenters. The number of ether oxygens (including phenoxy) is 1. The first-order chi connectivity index (χ1) is 13.7. The molecule has 4 nitrogen and oxygen atoms in total. The normalized spacial score (nSPS) is 13.1. The Kier molecular flexibility index (Phi) is 6.26. The fourth-order valence-corrected chi connectivity index (χ4v) is 8.53. The lowest BCUT2D eigenvalue weighted by molar-refractivity contribution is 0.414. The maximum atomic E-state index is 13.2. The minimum Gasteiger partial charge on any atom is -0.497 e. The number of hydrogen-bond acceptors (Lipinski definition) is 3. The van der Waals surface area contributed by atoms with E-state index in [1.165, 1.54) is 5.19 Å². The molecule has 0 unspecified atom stereocenters. The van der Waals surface area contributed by atoms with Gasteiger partial charge in [-0.15, -0.1) is 0 Å². The molecule has 6 heteroatoms. The second-order valence-corrected chi connectivity index (χ2v) is 14.0. The molecule has 0 radical (unpaired) electrons. The average Bonchev–Trinajstić information content (AvgIpc) is 2.73. The maximum Gasteiger partial charge on any atom is 0.240 e. The van der Waals surface area contributed by atoms with Crippen LogP contribution in [0.4, 0.5) is 0 Å². The molecule has 0 amide bonds. The van der Waals surface area contributed by atoms with Crippen molar-refractivity contribution in [3.05, 3.63) is 90.0 Å². The number of aryl methyl sites for hydroxylation is 1. The minimum absolute atomic E-state index is 0.277. The fourth-order valence-electron chi connectivity index (χ4n) is 3.40. The number of nitrogens with one attached hydrogen (secondary N) is 1. The fraction of sp³-hybridized carbons (Fsp3) is 0.217. The highest BCUT2D eigenvalue weighted by Gasteiger charge is 2.38. The van der Waals surface area contributed by atoms with Crippen LogP contribution >= 0.6 is 0 Å². The SMILES string of the molecule is COc1ccc([C@H](NS(=O)(=O)c2ccc(C)cc2)[Si](C)(C)c2ccccc2)cc1. The van der Waals surface area contributed by atoms with Crippen molar-refractivity contribution < 1.29 is 13.2 Å². The molecular weight excluding hydrogens is 398 g/mol. The molecule has 3 aromatic carbocycles. The molecule has 0 aromatic heterocycles. The summed E-state index contributed by atoms with van der Waals surface area (Å²) < 4.78 is 34.7. The molecule has 0 bridgehead atoms. The quantitative estimate of drug-likeness (QED) is 0.578. The van der Waals surface area contributed by atoms with Gasteiger partial charge in [-0.1, -0.05) is 78.4 Å². The average molecular weight is 426 g/mol. The molecule has 3 rings (SSSR count). The molecule has 0 aliphatic heterocycles. The molecule has 0 saturated carbocycles. The Morgan fingerprint density at radius 3 is 2.00 bits per heavy atom. The number of sulfonamides is 1. The number of methoxy groups -OCH3 is 1. The zero-order valence-corrected chi connectivity index (χ0v) is 19.0. The van der Waals surface area contributed by atoms with Crippen molar-refractivity contribution in [3.63, 3.8) is 0 Å². The molecule has 152 valence electrons. The van der Waals surface area contributed by atoms with Gasteiger partial charge in [0.15, 0.2) is 0 Å². The molecule has 0 spiro atoms. The predicted octanol–water partition coefficient (Wildman–Crippen LogP) is 4.18. The minimum atomic E-state index is -3.68. The smallest absolute Gasteiger partial charge is 0.240 e. The standard InChI is InChI=1S/C23H27NO3SSi/c1-18-10-16-21(17-11-18)28(25,26)24-23(19-12-14-20(27-2)15-13-19)29(3,4)22-8-6-5-7-9-22/h5-17,23-24H,1-4H3/t23-/m1/s1. The zero-order valence-electron chi connectivity index (χ0n) is 17.2. The predicted molar refractivity (Wildman–Crippen MR) is 121 cm³/mol. The van der Waals surface area contributed by atoms with Gasteiger partial charge in [-0.3, -0.25) is 0 Å². The van der Waals surface area contributed by atoms with Gasteiger partial charge < -0.3 is 4.74 Å². The van der Waals surface area contributed by atoms with E-state index in [1.807, 2.05) is 61.5 Å². The Labute approximate surface area is 174 Å². The molecule has 0 fully saturated rings. The van der Waals surface area contributed by atoms with Crippen molar-refractivity contribution in [3.8, 4) is 5.75 Å². The van der Waals surface area contributed by atoms with Crippen LogP contribution in [-0.2, 0) is 10.0 Å². The highest BCUT2D eigenvalue weighted by Crippen LogP contribution is 2.28. The van der Waals surface area contributed by atoms with Gasteiger partial charge in [-0.2, -0.15) is 0 Å². The number of rotatable bonds is 7. The Morgan fingerprint density at radius 2 is 1.45 bits per heavy atom. The monoisotopic (exact) mass is 425 g/mol. The van der Waals surface area contributed by atoms with Gasteiger partial charge in [0.2, 0.25) is 10.0 Å². The van der Waals surface area contributed by atoms with Crippen molar-refractivity contribution >= 4 is 23.3 Å². The summed E-state index contributed by atoms with van der Waals surface area (Å²) in [5, 5.41) is 1.19. The van der Waals surface area contributed by atoms with Crippen LogP contribution in [0, 0.1) is 6.92 Å². The Balaban J connectivity index is 2.06. The van der Waals surface area contributed by atoms with E-state index in [-0.39, 0.29) is 10.6 Å². The van der Waals surface area contributed by atoms with Crippen LogP contribution in [0.1, 0.15) is 16.8 Å². The lowest BCUT2D eigenvalue weighted by Gasteiger charge is -2.34. The van der Waals surface area contributed by atoms with Crippen LogP contribution in [0.2, 0.25) is 13.1 Å². The second-order valence-electron chi connectivity index (χ2n) is 7.73. The summed E-state index contributed by atoms with van der Waals surface area (Å²) in [6.07, 6.45) is 0. The van der Waals surface area contributed by atoms with E-state index in [4.69, 9.17) is 4.74 Å². The van der Waals surface area contributed by atoms with Crippen molar-refractivity contribution in [2.24, 2.45) is 0 Å². The van der Waals surface area contributed by atoms with E-state index in [9.17, 15) is 8.42 Å². The molecule has 3 aromatic rings. The van der Waals surface area contributed by atoms with Gasteiger partial charge >= 0.3 is 0 Å². The van der Waals surface area contributed by atoms with Gasteiger partial charge in [-0.05, 0) is 36.8 Å². The van der Waals surface area contributed by atoms with E-state index < -0.39 is 18.1 Å². The van der Waals surface area contributed by atoms with Crippen LogP contribution in [0.15, 0.2) is 83.8 Å². The molecule has 0 aliphatic carbocycles. The van der Waals surface area contributed by atoms with E-state index >= 15 is 0 Å². The highest BCUT2D eigenvalue weighted by molar-refractivity contribution is 7.89. The second kappa shape index (κ2) is 8.53. The molecule has 1 N–H and O–H groups in total. The van der Waals surface area contributed by atoms with Crippen molar-refractivity contribution in [1.29, 1.82) is 0 Å². The summed E-state index contributed by atoms with van der Waals surface area (Å²) in [4.78, 5) is 0.277. The summed E-state index contributed by atoms with van der Waals surface area (Å²) >= 11 is 0. The van der Waals surface area contributed by atoms with Crippen LogP contribution in [-0.4, -0.2) is 23.6 Å². The van der Waals surface area contributed by atoms with E-state index in [0.717, 1.165) is 16.9 Å². The lowest BCUT2D eigenvalue weighted by atomic mass is 10.2. The van der Waals surface area contributed by atoms with Crippen LogP contribution in [0.25, 0.3) is 0 Å². The first-order valence-electron chi connectivity index (χ1n) is 9.52. The van der Waals surface area contributed by atoms with E-state index in [2.05, 4.69) is 29.9 Å². The summed E-state index contributed by atoms with van der Waals surface area (Å²) in [5.74, 6) is 0.744. The molecular formula is C23H27NO3SSi. The largest absolute Gasteiger partial charge is 0.497 e. The number of hydrogen-bond donors (Lipinski definition) is 1. The first-order valence-corrected chi connectivity index (χ1v) is 14.1. The highest BCUT2D eigenvalue weighted by atomic mass is 32.2. The third kappa shape index (κ3) is 4.78. The van der Waals surface area contributed by atoms with E-state index in [0.29, 0.717) is 0 Å². The van der Waals surface area contributed by atoms with Gasteiger partial charge in [0.1, 0.15) is 13.8 Å². The first kappa shape index (κ1) is 21.3. The summed E-state index contributed by atoms with van der Waals surface area (Å²) in [7, 11) is -4.32. The van der Waals surface area contributed by atoms with Crippen molar-refractivity contribution in [2.45, 2.75) is 30.6 Å². The van der Waals surface area contributed by atoms with E-state index in [1.54, 1.807) is 19.2 Å². The van der Waals surface area contributed by atoms with Gasteiger partial charge in [-0.25, -0.2) is 13.1 Å².